The first-order chi connectivity index (χ1) is 7.33. The lowest BCUT2D eigenvalue weighted by molar-refractivity contribution is 0.575. The van der Waals surface area contributed by atoms with Gasteiger partial charge in [-0.1, -0.05) is 40.2 Å². The van der Waals surface area contributed by atoms with Gasteiger partial charge < -0.3 is 5.32 Å². The summed E-state index contributed by atoms with van der Waals surface area (Å²) >= 11 is 3.63. The summed E-state index contributed by atoms with van der Waals surface area (Å²) in [7, 11) is 0. The molecule has 1 fully saturated rings. The van der Waals surface area contributed by atoms with Crippen LogP contribution in [0, 0.1) is 0 Å². The van der Waals surface area contributed by atoms with Crippen LogP contribution in [0.4, 0.5) is 0 Å². The van der Waals surface area contributed by atoms with Crippen molar-refractivity contribution in [2.24, 2.45) is 0 Å². The zero-order valence-corrected chi connectivity index (χ0v) is 10.1. The third kappa shape index (κ3) is 1.77. The van der Waals surface area contributed by atoms with Crippen LogP contribution < -0.4 is 5.32 Å². The van der Waals surface area contributed by atoms with Crippen molar-refractivity contribution in [2.75, 3.05) is 0 Å². The average Bonchev–Trinajstić information content (AvgIpc) is 2.58. The maximum Gasteiger partial charge on any atom is 0.0259 e. The molecule has 2 atom stereocenters. The molecule has 2 heteroatoms. The van der Waals surface area contributed by atoms with Crippen molar-refractivity contribution in [1.29, 1.82) is 0 Å². The molecule has 2 unspecified atom stereocenters. The Labute approximate surface area is 98.7 Å². The van der Waals surface area contributed by atoms with Gasteiger partial charge in [0.25, 0.3) is 0 Å². The number of rotatable bonds is 1. The van der Waals surface area contributed by atoms with Gasteiger partial charge in [0.05, 0.1) is 0 Å². The van der Waals surface area contributed by atoms with E-state index in [-0.39, 0.29) is 0 Å². The van der Waals surface area contributed by atoms with Gasteiger partial charge >= 0.3 is 0 Å². The van der Waals surface area contributed by atoms with E-state index in [2.05, 4.69) is 51.6 Å². The Balaban J connectivity index is 1.98. The summed E-state index contributed by atoms with van der Waals surface area (Å²) in [5, 5.41) is 3.62. The molecule has 1 saturated heterocycles. The maximum atomic E-state index is 3.63. The third-order valence-corrected chi connectivity index (χ3v) is 4.06. The van der Waals surface area contributed by atoms with Gasteiger partial charge in [-0.05, 0) is 36.5 Å². The molecule has 1 nitrogen and oxygen atoms in total. The van der Waals surface area contributed by atoms with E-state index in [0.717, 1.165) is 0 Å². The zero-order valence-electron chi connectivity index (χ0n) is 8.54. The number of benzene rings is 1. The quantitative estimate of drug-likeness (QED) is 0.820. The van der Waals surface area contributed by atoms with E-state index in [1.165, 1.54) is 34.9 Å². The molecule has 0 aliphatic carbocycles. The standard InChI is InChI=1S/C13H14BrN/c14-13-4-2-1-3-12(13)9-7-10-5-6-11(8-9)15-10/h1-4,7,10-11,15H,5-6,8H2. The van der Waals surface area contributed by atoms with Crippen LogP contribution in [-0.2, 0) is 0 Å². The van der Waals surface area contributed by atoms with Crippen LogP contribution in [0.3, 0.4) is 0 Å². The second-order valence-electron chi connectivity index (χ2n) is 4.42. The van der Waals surface area contributed by atoms with Crippen molar-refractivity contribution in [3.8, 4) is 0 Å². The van der Waals surface area contributed by atoms with E-state index in [1.807, 2.05) is 0 Å². The van der Waals surface area contributed by atoms with Gasteiger partial charge in [-0.15, -0.1) is 0 Å². The molecule has 0 amide bonds. The SMILES string of the molecule is Brc1ccccc1C1=CC2CCC(C1)N2. The van der Waals surface area contributed by atoms with Crippen molar-refractivity contribution >= 4 is 21.5 Å². The Morgan fingerprint density at radius 1 is 1.20 bits per heavy atom. The van der Waals surface area contributed by atoms with Crippen LogP contribution in [0.15, 0.2) is 34.8 Å². The van der Waals surface area contributed by atoms with Crippen LogP contribution in [-0.4, -0.2) is 12.1 Å². The van der Waals surface area contributed by atoms with Crippen LogP contribution >= 0.6 is 15.9 Å². The highest BCUT2D eigenvalue weighted by Crippen LogP contribution is 2.34. The lowest BCUT2D eigenvalue weighted by atomic mass is 9.96. The minimum absolute atomic E-state index is 0.617. The summed E-state index contributed by atoms with van der Waals surface area (Å²) in [6.07, 6.45) is 6.22. The highest BCUT2D eigenvalue weighted by atomic mass is 79.9. The smallest absolute Gasteiger partial charge is 0.0259 e. The number of fused-ring (bicyclic) bond motifs is 2. The molecule has 2 aliphatic rings. The van der Waals surface area contributed by atoms with Crippen LogP contribution in [0.25, 0.3) is 5.57 Å². The first-order valence-corrected chi connectivity index (χ1v) is 6.34. The van der Waals surface area contributed by atoms with Gasteiger partial charge in [-0.3, -0.25) is 0 Å². The topological polar surface area (TPSA) is 12.0 Å². The molecular weight excluding hydrogens is 250 g/mol. The molecule has 0 aromatic heterocycles. The maximum absolute atomic E-state index is 3.63. The van der Waals surface area contributed by atoms with Gasteiger partial charge in [-0.25, -0.2) is 0 Å². The molecule has 2 bridgehead atoms. The molecule has 1 aromatic carbocycles. The highest BCUT2D eigenvalue weighted by Gasteiger charge is 2.28. The van der Waals surface area contributed by atoms with Crippen molar-refractivity contribution in [3.05, 3.63) is 40.4 Å². The molecule has 0 radical (unpaired) electrons. The largest absolute Gasteiger partial charge is 0.307 e. The van der Waals surface area contributed by atoms with Gasteiger partial charge in [0.15, 0.2) is 0 Å². The number of nitrogens with one attached hydrogen (secondary N) is 1. The second-order valence-corrected chi connectivity index (χ2v) is 5.28. The van der Waals surface area contributed by atoms with Crippen LogP contribution in [0.5, 0.6) is 0 Å². The van der Waals surface area contributed by atoms with E-state index in [4.69, 9.17) is 0 Å². The van der Waals surface area contributed by atoms with Crippen molar-refractivity contribution in [3.63, 3.8) is 0 Å². The molecule has 2 aliphatic heterocycles. The van der Waals surface area contributed by atoms with E-state index in [9.17, 15) is 0 Å². The molecule has 1 N–H and O–H groups in total. The lowest BCUT2D eigenvalue weighted by Crippen LogP contribution is -2.31. The minimum Gasteiger partial charge on any atom is -0.307 e. The second kappa shape index (κ2) is 3.76. The lowest BCUT2D eigenvalue weighted by Gasteiger charge is -2.22. The van der Waals surface area contributed by atoms with E-state index < -0.39 is 0 Å². The van der Waals surface area contributed by atoms with Gasteiger partial charge in [-0.2, -0.15) is 0 Å². The highest BCUT2D eigenvalue weighted by molar-refractivity contribution is 9.10. The monoisotopic (exact) mass is 263 g/mol. The fourth-order valence-corrected chi connectivity index (χ4v) is 3.18. The molecule has 2 heterocycles. The summed E-state index contributed by atoms with van der Waals surface area (Å²) in [5.74, 6) is 0. The van der Waals surface area contributed by atoms with Crippen LogP contribution in [0.2, 0.25) is 0 Å². The molecule has 0 spiro atoms. The number of hydrogen-bond donors (Lipinski definition) is 1. The summed E-state index contributed by atoms with van der Waals surface area (Å²) < 4.78 is 1.22. The van der Waals surface area contributed by atoms with Gasteiger partial charge in [0.1, 0.15) is 0 Å². The van der Waals surface area contributed by atoms with Crippen molar-refractivity contribution in [2.45, 2.75) is 31.3 Å². The number of halogens is 1. The summed E-state index contributed by atoms with van der Waals surface area (Å²) in [5.41, 5.74) is 2.88. The first-order valence-electron chi connectivity index (χ1n) is 5.54. The molecule has 0 saturated carbocycles. The predicted molar refractivity (Wildman–Crippen MR) is 66.7 cm³/mol. The molecular formula is C13H14BrN. The van der Waals surface area contributed by atoms with E-state index >= 15 is 0 Å². The Morgan fingerprint density at radius 2 is 2.07 bits per heavy atom. The molecule has 1 aromatic rings. The Kier molecular flexibility index (Phi) is 2.41. The van der Waals surface area contributed by atoms with E-state index in [1.54, 1.807) is 0 Å². The normalized spacial score (nSPS) is 29.0. The Morgan fingerprint density at radius 3 is 2.87 bits per heavy atom. The van der Waals surface area contributed by atoms with E-state index in [0.29, 0.717) is 12.1 Å². The van der Waals surface area contributed by atoms with Gasteiger partial charge in [0.2, 0.25) is 0 Å². The first kappa shape index (κ1) is 9.61. The molecule has 15 heavy (non-hydrogen) atoms. The van der Waals surface area contributed by atoms with Crippen molar-refractivity contribution in [1.82, 2.24) is 5.32 Å². The third-order valence-electron chi connectivity index (χ3n) is 3.36. The zero-order chi connectivity index (χ0) is 10.3. The van der Waals surface area contributed by atoms with Gasteiger partial charge in [0, 0.05) is 16.6 Å². The number of hydrogen-bond acceptors (Lipinski definition) is 1. The Hall–Kier alpha value is -0.600. The molecule has 3 rings (SSSR count). The fourth-order valence-electron chi connectivity index (χ4n) is 2.64. The summed E-state index contributed by atoms with van der Waals surface area (Å²) in [6, 6.07) is 9.85. The molecule has 78 valence electrons. The predicted octanol–water partition coefficient (Wildman–Crippen LogP) is 3.36. The van der Waals surface area contributed by atoms with Crippen molar-refractivity contribution < 1.29 is 0 Å². The summed E-state index contributed by atoms with van der Waals surface area (Å²) in [4.78, 5) is 0. The minimum atomic E-state index is 0.617. The van der Waals surface area contributed by atoms with Crippen LogP contribution in [0.1, 0.15) is 24.8 Å². The average molecular weight is 264 g/mol. The summed E-state index contributed by atoms with van der Waals surface area (Å²) in [6.45, 7) is 0. The fraction of sp³-hybridized carbons (Fsp3) is 0.385. The Bertz CT molecular complexity index is 411.